The predicted molar refractivity (Wildman–Crippen MR) is 70.4 cm³/mol. The van der Waals surface area contributed by atoms with Crippen molar-refractivity contribution in [2.75, 3.05) is 11.9 Å². The van der Waals surface area contributed by atoms with E-state index in [-0.39, 0.29) is 0 Å². The number of hydrogen-bond acceptors (Lipinski definition) is 3. The van der Waals surface area contributed by atoms with Crippen LogP contribution in [0.25, 0.3) is 0 Å². The Bertz CT molecular complexity index is 460. The van der Waals surface area contributed by atoms with Crippen LogP contribution in [0.2, 0.25) is 0 Å². The van der Waals surface area contributed by atoms with E-state index >= 15 is 0 Å². The number of esters is 1. The van der Waals surface area contributed by atoms with Gasteiger partial charge in [0.25, 0.3) is 0 Å². The number of rotatable bonds is 1. The molecule has 1 amide bonds. The Morgan fingerprint density at radius 3 is 2.33 bits per heavy atom. The Hall–Kier alpha value is -1.84. The van der Waals surface area contributed by atoms with Gasteiger partial charge < -0.3 is 9.64 Å². The number of nitrogens with zero attached hydrogens (tertiary/aromatic N) is 1. The highest BCUT2D eigenvalue weighted by atomic mass is 16.6. The predicted octanol–water partition coefficient (Wildman–Crippen LogP) is 2.30. The SMILES string of the molecule is Cc1cccc(N(C)C(=O)C(=O)OC(C)(C)C)c1. The van der Waals surface area contributed by atoms with Gasteiger partial charge in [0.15, 0.2) is 0 Å². The first-order valence-electron chi connectivity index (χ1n) is 5.78. The van der Waals surface area contributed by atoms with E-state index in [4.69, 9.17) is 4.74 Å². The van der Waals surface area contributed by atoms with Gasteiger partial charge in [-0.05, 0) is 45.4 Å². The van der Waals surface area contributed by atoms with Crippen molar-refractivity contribution >= 4 is 17.6 Å². The van der Waals surface area contributed by atoms with Crippen LogP contribution in [0.5, 0.6) is 0 Å². The topological polar surface area (TPSA) is 46.6 Å². The summed E-state index contributed by atoms with van der Waals surface area (Å²) < 4.78 is 5.04. The number of ether oxygens (including phenoxy) is 1. The molecule has 1 aromatic rings. The molecular weight excluding hydrogens is 230 g/mol. The van der Waals surface area contributed by atoms with Crippen molar-refractivity contribution in [1.29, 1.82) is 0 Å². The van der Waals surface area contributed by atoms with Crippen LogP contribution in [0, 0.1) is 6.92 Å². The molecule has 0 bridgehead atoms. The first-order chi connectivity index (χ1) is 8.20. The maximum Gasteiger partial charge on any atom is 0.397 e. The lowest BCUT2D eigenvalue weighted by molar-refractivity contribution is -0.162. The minimum absolute atomic E-state index is 0.666. The van der Waals surface area contributed by atoms with Crippen LogP contribution in [0.3, 0.4) is 0 Å². The molecule has 0 aliphatic carbocycles. The summed E-state index contributed by atoms with van der Waals surface area (Å²) in [6, 6.07) is 7.37. The summed E-state index contributed by atoms with van der Waals surface area (Å²) in [6.45, 7) is 7.11. The molecule has 0 atom stereocenters. The number of hydrogen-bond donors (Lipinski definition) is 0. The van der Waals surface area contributed by atoms with Gasteiger partial charge in [-0.1, -0.05) is 12.1 Å². The third kappa shape index (κ3) is 3.87. The molecule has 0 unspecified atom stereocenters. The van der Waals surface area contributed by atoms with Gasteiger partial charge in [-0.25, -0.2) is 4.79 Å². The minimum Gasteiger partial charge on any atom is -0.453 e. The molecule has 0 N–H and O–H groups in total. The third-order valence-corrected chi connectivity index (χ3v) is 2.27. The molecule has 0 aliphatic rings. The van der Waals surface area contributed by atoms with Crippen LogP contribution in [0.4, 0.5) is 5.69 Å². The lowest BCUT2D eigenvalue weighted by atomic mass is 10.2. The molecule has 1 aromatic carbocycles. The van der Waals surface area contributed by atoms with E-state index in [9.17, 15) is 9.59 Å². The molecule has 0 heterocycles. The van der Waals surface area contributed by atoms with Gasteiger partial charge in [0.2, 0.25) is 0 Å². The third-order valence-electron chi connectivity index (χ3n) is 2.27. The van der Waals surface area contributed by atoms with Crippen LogP contribution < -0.4 is 4.90 Å². The maximum atomic E-state index is 11.9. The molecule has 1 rings (SSSR count). The molecule has 0 spiro atoms. The molecule has 0 saturated carbocycles. The lowest BCUT2D eigenvalue weighted by Gasteiger charge is -2.22. The maximum absolute atomic E-state index is 11.9. The van der Waals surface area contributed by atoms with E-state index in [1.54, 1.807) is 33.9 Å². The van der Waals surface area contributed by atoms with Crippen molar-refractivity contribution in [3.05, 3.63) is 29.8 Å². The second kappa shape index (κ2) is 5.21. The van der Waals surface area contributed by atoms with Gasteiger partial charge in [-0.2, -0.15) is 0 Å². The summed E-state index contributed by atoms with van der Waals surface area (Å²) in [5, 5.41) is 0. The van der Waals surface area contributed by atoms with Crippen LogP contribution in [-0.4, -0.2) is 24.5 Å². The Morgan fingerprint density at radius 1 is 1.22 bits per heavy atom. The molecule has 98 valence electrons. The highest BCUT2D eigenvalue weighted by Crippen LogP contribution is 2.15. The van der Waals surface area contributed by atoms with Gasteiger partial charge in [0.05, 0.1) is 0 Å². The monoisotopic (exact) mass is 249 g/mol. The van der Waals surface area contributed by atoms with E-state index in [2.05, 4.69) is 0 Å². The summed E-state index contributed by atoms with van der Waals surface area (Å²) in [5.74, 6) is -1.51. The van der Waals surface area contributed by atoms with Gasteiger partial charge in [0.1, 0.15) is 5.60 Å². The summed E-state index contributed by atoms with van der Waals surface area (Å²) in [6.07, 6.45) is 0. The van der Waals surface area contributed by atoms with Crippen molar-refractivity contribution < 1.29 is 14.3 Å². The lowest BCUT2D eigenvalue weighted by Crippen LogP contribution is -2.38. The Kier molecular flexibility index (Phi) is 4.11. The number of amides is 1. The second-order valence-electron chi connectivity index (χ2n) is 5.21. The zero-order valence-corrected chi connectivity index (χ0v) is 11.5. The molecule has 0 fully saturated rings. The molecule has 0 aliphatic heterocycles. The Balaban J connectivity index is 2.81. The van der Waals surface area contributed by atoms with Gasteiger partial charge in [0, 0.05) is 12.7 Å². The Labute approximate surface area is 108 Å². The van der Waals surface area contributed by atoms with Crippen molar-refractivity contribution in [2.24, 2.45) is 0 Å². The van der Waals surface area contributed by atoms with Crippen LogP contribution in [0.15, 0.2) is 24.3 Å². The summed E-state index contributed by atoms with van der Waals surface area (Å²) in [4.78, 5) is 24.8. The summed E-state index contributed by atoms with van der Waals surface area (Å²) in [7, 11) is 1.56. The molecule has 18 heavy (non-hydrogen) atoms. The average Bonchev–Trinajstić information content (AvgIpc) is 2.24. The number of carbonyl (C=O) groups excluding carboxylic acids is 2. The smallest absolute Gasteiger partial charge is 0.397 e. The number of benzene rings is 1. The largest absolute Gasteiger partial charge is 0.453 e. The van der Waals surface area contributed by atoms with Crippen LogP contribution >= 0.6 is 0 Å². The minimum atomic E-state index is -0.841. The Morgan fingerprint density at radius 2 is 1.83 bits per heavy atom. The normalized spacial score (nSPS) is 10.9. The first kappa shape index (κ1) is 14.2. The van der Waals surface area contributed by atoms with Crippen molar-refractivity contribution in [1.82, 2.24) is 0 Å². The fraction of sp³-hybridized carbons (Fsp3) is 0.429. The van der Waals surface area contributed by atoms with Crippen molar-refractivity contribution in [3.63, 3.8) is 0 Å². The number of anilines is 1. The molecule has 0 saturated heterocycles. The molecule has 4 nitrogen and oxygen atoms in total. The van der Waals surface area contributed by atoms with E-state index in [1.807, 2.05) is 25.1 Å². The molecule has 0 aromatic heterocycles. The zero-order valence-electron chi connectivity index (χ0n) is 11.5. The fourth-order valence-corrected chi connectivity index (χ4v) is 1.41. The van der Waals surface area contributed by atoms with Crippen LogP contribution in [-0.2, 0) is 14.3 Å². The summed E-state index contributed by atoms with van der Waals surface area (Å²) >= 11 is 0. The molecule has 4 heteroatoms. The van der Waals surface area contributed by atoms with Gasteiger partial charge >= 0.3 is 11.9 Å². The van der Waals surface area contributed by atoms with E-state index < -0.39 is 17.5 Å². The first-order valence-corrected chi connectivity index (χ1v) is 5.78. The second-order valence-corrected chi connectivity index (χ2v) is 5.21. The van der Waals surface area contributed by atoms with E-state index in [0.717, 1.165) is 5.56 Å². The highest BCUT2D eigenvalue weighted by molar-refractivity contribution is 6.38. The fourth-order valence-electron chi connectivity index (χ4n) is 1.41. The van der Waals surface area contributed by atoms with Crippen LogP contribution in [0.1, 0.15) is 26.3 Å². The number of carbonyl (C=O) groups is 2. The molecule has 0 radical (unpaired) electrons. The zero-order chi connectivity index (χ0) is 13.9. The molecular formula is C14H19NO3. The van der Waals surface area contributed by atoms with E-state index in [1.165, 1.54) is 4.90 Å². The number of aryl methyl sites for hydroxylation is 1. The van der Waals surface area contributed by atoms with Crippen molar-refractivity contribution in [3.8, 4) is 0 Å². The van der Waals surface area contributed by atoms with Gasteiger partial charge in [-0.3, -0.25) is 4.79 Å². The van der Waals surface area contributed by atoms with E-state index in [0.29, 0.717) is 5.69 Å². The van der Waals surface area contributed by atoms with Crippen molar-refractivity contribution in [2.45, 2.75) is 33.3 Å². The highest BCUT2D eigenvalue weighted by Gasteiger charge is 2.26. The average molecular weight is 249 g/mol. The standard InChI is InChI=1S/C14H19NO3/c1-10-7-6-8-11(9-10)15(5)12(16)13(17)18-14(2,3)4/h6-9H,1-5H3. The van der Waals surface area contributed by atoms with Gasteiger partial charge in [-0.15, -0.1) is 0 Å². The quantitative estimate of drug-likeness (QED) is 0.566. The number of likely N-dealkylation sites (N-methyl/N-ethyl adjacent to an activating group) is 1. The summed E-state index contributed by atoms with van der Waals surface area (Å²) in [5.41, 5.74) is 1.03.